The van der Waals surface area contributed by atoms with Gasteiger partial charge in [-0.25, -0.2) is 0 Å². The third-order valence-corrected chi connectivity index (χ3v) is 2.91. The van der Waals surface area contributed by atoms with Gasteiger partial charge in [-0.05, 0) is 20.0 Å². The number of carbonyl (C=O) groups is 1. The van der Waals surface area contributed by atoms with Crippen molar-refractivity contribution in [2.75, 3.05) is 33.7 Å². The summed E-state index contributed by atoms with van der Waals surface area (Å²) >= 11 is 0. The molecule has 14 heavy (non-hydrogen) atoms. The lowest BCUT2D eigenvalue weighted by molar-refractivity contribution is -0.124. The summed E-state index contributed by atoms with van der Waals surface area (Å²) in [4.78, 5) is 13.6. The lowest BCUT2D eigenvalue weighted by atomic mass is 10.1. The van der Waals surface area contributed by atoms with Gasteiger partial charge in [0.2, 0.25) is 5.91 Å². The van der Waals surface area contributed by atoms with E-state index < -0.39 is 0 Å². The van der Waals surface area contributed by atoms with Crippen LogP contribution in [0.25, 0.3) is 0 Å². The fourth-order valence-electron chi connectivity index (χ4n) is 1.93. The first-order chi connectivity index (χ1) is 6.65. The summed E-state index contributed by atoms with van der Waals surface area (Å²) in [6.45, 7) is 4.96. The molecule has 0 saturated carbocycles. The predicted octanol–water partition coefficient (Wildman–Crippen LogP) is -0.338. The third-order valence-electron chi connectivity index (χ3n) is 2.91. The van der Waals surface area contributed by atoms with Gasteiger partial charge in [0.25, 0.3) is 0 Å². The quantitative estimate of drug-likeness (QED) is 0.651. The molecular weight excluding hydrogens is 178 g/mol. The molecule has 0 aromatic carbocycles. The molecule has 82 valence electrons. The summed E-state index contributed by atoms with van der Waals surface area (Å²) in [5.41, 5.74) is 0. The zero-order chi connectivity index (χ0) is 10.6. The van der Waals surface area contributed by atoms with Crippen molar-refractivity contribution in [3.8, 4) is 0 Å². The first-order valence-corrected chi connectivity index (χ1v) is 5.27. The maximum absolute atomic E-state index is 11.3. The SMILES string of the molecule is CNC(=O)C(C)CN(C)C1CCNC1. The number of nitrogens with zero attached hydrogens (tertiary/aromatic N) is 1. The highest BCUT2D eigenvalue weighted by Gasteiger charge is 2.22. The Labute approximate surface area is 86.0 Å². The molecule has 1 heterocycles. The van der Waals surface area contributed by atoms with Crippen LogP contribution >= 0.6 is 0 Å². The van der Waals surface area contributed by atoms with Gasteiger partial charge in [-0.1, -0.05) is 6.92 Å². The van der Waals surface area contributed by atoms with Crippen LogP contribution in [0.1, 0.15) is 13.3 Å². The molecule has 1 rings (SSSR count). The van der Waals surface area contributed by atoms with Gasteiger partial charge in [0.05, 0.1) is 0 Å². The molecule has 0 aromatic heterocycles. The molecule has 1 aliphatic rings. The summed E-state index contributed by atoms with van der Waals surface area (Å²) in [5.74, 6) is 0.202. The Morgan fingerprint density at radius 2 is 2.43 bits per heavy atom. The van der Waals surface area contributed by atoms with Crippen LogP contribution in [0.2, 0.25) is 0 Å². The molecule has 0 aliphatic carbocycles. The van der Waals surface area contributed by atoms with Gasteiger partial charge in [0.1, 0.15) is 0 Å². The Balaban J connectivity index is 2.31. The second-order valence-corrected chi connectivity index (χ2v) is 4.10. The van der Waals surface area contributed by atoms with E-state index in [1.807, 2.05) is 6.92 Å². The van der Waals surface area contributed by atoms with E-state index in [9.17, 15) is 4.79 Å². The molecule has 4 heteroatoms. The van der Waals surface area contributed by atoms with Crippen molar-refractivity contribution in [3.63, 3.8) is 0 Å². The maximum atomic E-state index is 11.3. The first kappa shape index (κ1) is 11.5. The lowest BCUT2D eigenvalue weighted by Gasteiger charge is -2.25. The van der Waals surface area contributed by atoms with Crippen LogP contribution in [0.5, 0.6) is 0 Å². The summed E-state index contributed by atoms with van der Waals surface area (Å²) < 4.78 is 0. The van der Waals surface area contributed by atoms with Crippen LogP contribution in [0.3, 0.4) is 0 Å². The molecule has 2 unspecified atom stereocenters. The second kappa shape index (κ2) is 5.32. The molecule has 0 radical (unpaired) electrons. The molecular formula is C10H21N3O. The zero-order valence-corrected chi connectivity index (χ0v) is 9.34. The lowest BCUT2D eigenvalue weighted by Crippen LogP contribution is -2.40. The summed E-state index contributed by atoms with van der Waals surface area (Å²) in [6, 6.07) is 0.599. The molecule has 1 fully saturated rings. The summed E-state index contributed by atoms with van der Waals surface area (Å²) in [7, 11) is 3.78. The van der Waals surface area contributed by atoms with Crippen LogP contribution in [-0.2, 0) is 4.79 Å². The van der Waals surface area contributed by atoms with Crippen molar-refractivity contribution in [1.29, 1.82) is 0 Å². The van der Waals surface area contributed by atoms with Crippen molar-refractivity contribution in [2.45, 2.75) is 19.4 Å². The Morgan fingerprint density at radius 3 is 2.93 bits per heavy atom. The molecule has 1 saturated heterocycles. The maximum Gasteiger partial charge on any atom is 0.223 e. The number of likely N-dealkylation sites (N-methyl/N-ethyl adjacent to an activating group) is 1. The number of amides is 1. The van der Waals surface area contributed by atoms with Crippen molar-refractivity contribution in [2.24, 2.45) is 5.92 Å². The smallest absolute Gasteiger partial charge is 0.223 e. The van der Waals surface area contributed by atoms with Crippen LogP contribution in [-0.4, -0.2) is 50.6 Å². The molecule has 1 amide bonds. The molecule has 0 spiro atoms. The normalized spacial score (nSPS) is 23.9. The fraction of sp³-hybridized carbons (Fsp3) is 0.900. The van der Waals surface area contributed by atoms with Crippen LogP contribution in [0, 0.1) is 5.92 Å². The highest BCUT2D eigenvalue weighted by atomic mass is 16.1. The largest absolute Gasteiger partial charge is 0.359 e. The van der Waals surface area contributed by atoms with E-state index in [1.165, 1.54) is 6.42 Å². The number of rotatable bonds is 4. The van der Waals surface area contributed by atoms with Crippen molar-refractivity contribution in [1.82, 2.24) is 15.5 Å². The van der Waals surface area contributed by atoms with E-state index in [0.29, 0.717) is 6.04 Å². The van der Waals surface area contributed by atoms with Gasteiger partial charge >= 0.3 is 0 Å². The van der Waals surface area contributed by atoms with Crippen LogP contribution in [0.15, 0.2) is 0 Å². The van der Waals surface area contributed by atoms with E-state index in [1.54, 1.807) is 7.05 Å². The van der Waals surface area contributed by atoms with Gasteiger partial charge in [0, 0.05) is 32.1 Å². The Hall–Kier alpha value is -0.610. The Morgan fingerprint density at radius 1 is 1.71 bits per heavy atom. The Kier molecular flexibility index (Phi) is 4.35. The minimum absolute atomic E-state index is 0.0746. The third kappa shape index (κ3) is 2.96. The highest BCUT2D eigenvalue weighted by molar-refractivity contribution is 5.78. The second-order valence-electron chi connectivity index (χ2n) is 4.10. The van der Waals surface area contributed by atoms with E-state index in [0.717, 1.165) is 19.6 Å². The van der Waals surface area contributed by atoms with E-state index in [4.69, 9.17) is 0 Å². The molecule has 0 bridgehead atoms. The van der Waals surface area contributed by atoms with Crippen LogP contribution in [0.4, 0.5) is 0 Å². The molecule has 0 aromatic rings. The number of hydrogen-bond donors (Lipinski definition) is 2. The monoisotopic (exact) mass is 199 g/mol. The van der Waals surface area contributed by atoms with E-state index in [2.05, 4.69) is 22.6 Å². The Bertz CT molecular complexity index is 190. The molecule has 4 nitrogen and oxygen atoms in total. The van der Waals surface area contributed by atoms with Gasteiger partial charge in [-0.2, -0.15) is 0 Å². The number of nitrogens with one attached hydrogen (secondary N) is 2. The van der Waals surface area contributed by atoms with Gasteiger partial charge in [0.15, 0.2) is 0 Å². The minimum Gasteiger partial charge on any atom is -0.359 e. The first-order valence-electron chi connectivity index (χ1n) is 5.27. The summed E-state index contributed by atoms with van der Waals surface area (Å²) in [5, 5.41) is 6.01. The van der Waals surface area contributed by atoms with Crippen molar-refractivity contribution < 1.29 is 4.79 Å². The fourth-order valence-corrected chi connectivity index (χ4v) is 1.93. The molecule has 2 N–H and O–H groups in total. The number of hydrogen-bond acceptors (Lipinski definition) is 3. The average Bonchev–Trinajstić information content (AvgIpc) is 2.69. The van der Waals surface area contributed by atoms with Gasteiger partial charge in [-0.3, -0.25) is 4.79 Å². The van der Waals surface area contributed by atoms with Gasteiger partial charge < -0.3 is 15.5 Å². The highest BCUT2D eigenvalue weighted by Crippen LogP contribution is 2.08. The van der Waals surface area contributed by atoms with Crippen molar-refractivity contribution in [3.05, 3.63) is 0 Å². The summed E-state index contributed by atoms with van der Waals surface area (Å²) in [6.07, 6.45) is 1.19. The van der Waals surface area contributed by atoms with Crippen molar-refractivity contribution >= 4 is 5.91 Å². The van der Waals surface area contributed by atoms with E-state index in [-0.39, 0.29) is 11.8 Å². The van der Waals surface area contributed by atoms with E-state index >= 15 is 0 Å². The standard InChI is InChI=1S/C10H21N3O/c1-8(10(14)11-2)7-13(3)9-4-5-12-6-9/h8-9,12H,4-7H2,1-3H3,(H,11,14). The average molecular weight is 199 g/mol. The molecule has 1 aliphatic heterocycles. The topological polar surface area (TPSA) is 44.4 Å². The minimum atomic E-state index is 0.0746. The van der Waals surface area contributed by atoms with Crippen LogP contribution < -0.4 is 10.6 Å². The van der Waals surface area contributed by atoms with Gasteiger partial charge in [-0.15, -0.1) is 0 Å². The number of carbonyl (C=O) groups excluding carboxylic acids is 1. The zero-order valence-electron chi connectivity index (χ0n) is 9.34. The predicted molar refractivity (Wildman–Crippen MR) is 57.1 cm³/mol. The molecule has 2 atom stereocenters.